The van der Waals surface area contributed by atoms with Gasteiger partial charge in [-0.05, 0) is 6.07 Å². The summed E-state index contributed by atoms with van der Waals surface area (Å²) in [6.45, 7) is 6.44. The minimum absolute atomic E-state index is 0.337. The summed E-state index contributed by atoms with van der Waals surface area (Å²) < 4.78 is 16.9. The molecule has 120 valence electrons. The Morgan fingerprint density at radius 1 is 0.909 bits per heavy atom. The van der Waals surface area contributed by atoms with Gasteiger partial charge in [0.25, 0.3) is 0 Å². The van der Waals surface area contributed by atoms with Crippen molar-refractivity contribution in [3.05, 3.63) is 12.3 Å². The molecule has 7 nitrogen and oxygen atoms in total. The second-order valence-electron chi connectivity index (χ2n) is 5.91. The molecule has 3 aliphatic rings. The van der Waals surface area contributed by atoms with Gasteiger partial charge in [-0.1, -0.05) is 0 Å². The Morgan fingerprint density at radius 2 is 1.64 bits per heavy atom. The molecule has 22 heavy (non-hydrogen) atoms. The molecule has 0 atom stereocenters. The normalized spacial score (nSPS) is 24.9. The van der Waals surface area contributed by atoms with Crippen LogP contribution in [-0.2, 0) is 14.2 Å². The number of rotatable bonds is 2. The SMILES string of the molecule is c1cc(N2CCC3(CC2)OCCO3)nc(N2CCOCC2)n1. The van der Waals surface area contributed by atoms with Crippen LogP contribution in [0.4, 0.5) is 11.8 Å². The number of piperidine rings is 1. The van der Waals surface area contributed by atoms with Crippen LogP contribution in [0.3, 0.4) is 0 Å². The maximum absolute atomic E-state index is 5.78. The molecular formula is C15H22N4O3. The van der Waals surface area contributed by atoms with Gasteiger partial charge in [0.2, 0.25) is 5.95 Å². The van der Waals surface area contributed by atoms with Gasteiger partial charge in [-0.25, -0.2) is 4.98 Å². The van der Waals surface area contributed by atoms with Crippen molar-refractivity contribution < 1.29 is 14.2 Å². The van der Waals surface area contributed by atoms with Gasteiger partial charge in [0.15, 0.2) is 5.79 Å². The van der Waals surface area contributed by atoms with Gasteiger partial charge in [0.1, 0.15) is 5.82 Å². The summed E-state index contributed by atoms with van der Waals surface area (Å²) in [5, 5.41) is 0. The van der Waals surface area contributed by atoms with Gasteiger partial charge in [-0.15, -0.1) is 0 Å². The first-order chi connectivity index (χ1) is 10.8. The molecule has 1 spiro atoms. The molecule has 3 aliphatic heterocycles. The molecule has 0 saturated carbocycles. The van der Waals surface area contributed by atoms with Crippen LogP contribution in [-0.4, -0.2) is 68.4 Å². The Morgan fingerprint density at radius 3 is 2.36 bits per heavy atom. The molecule has 0 radical (unpaired) electrons. The van der Waals surface area contributed by atoms with E-state index in [2.05, 4.69) is 14.8 Å². The summed E-state index contributed by atoms with van der Waals surface area (Å²) in [4.78, 5) is 13.6. The van der Waals surface area contributed by atoms with E-state index in [1.807, 2.05) is 12.3 Å². The van der Waals surface area contributed by atoms with Crippen LogP contribution < -0.4 is 9.80 Å². The zero-order valence-corrected chi connectivity index (χ0v) is 12.7. The monoisotopic (exact) mass is 306 g/mol. The van der Waals surface area contributed by atoms with E-state index in [-0.39, 0.29) is 5.79 Å². The molecular weight excluding hydrogens is 284 g/mol. The predicted octanol–water partition coefficient (Wildman–Crippen LogP) is 0.656. The van der Waals surface area contributed by atoms with Crippen LogP contribution >= 0.6 is 0 Å². The Labute approximate surface area is 130 Å². The molecule has 7 heteroatoms. The first-order valence-corrected chi connectivity index (χ1v) is 8.03. The van der Waals surface area contributed by atoms with Crippen LogP contribution in [0.25, 0.3) is 0 Å². The lowest BCUT2D eigenvalue weighted by atomic mass is 10.0. The fourth-order valence-corrected chi connectivity index (χ4v) is 3.29. The van der Waals surface area contributed by atoms with Crippen molar-refractivity contribution in [2.45, 2.75) is 18.6 Å². The van der Waals surface area contributed by atoms with Crippen LogP contribution in [0.2, 0.25) is 0 Å². The fraction of sp³-hybridized carbons (Fsp3) is 0.733. The maximum Gasteiger partial charge on any atom is 0.227 e. The summed E-state index contributed by atoms with van der Waals surface area (Å²) in [6.07, 6.45) is 3.63. The van der Waals surface area contributed by atoms with E-state index in [0.717, 1.165) is 64.0 Å². The smallest absolute Gasteiger partial charge is 0.227 e. The number of morpholine rings is 1. The zero-order valence-electron chi connectivity index (χ0n) is 12.7. The number of hydrogen-bond acceptors (Lipinski definition) is 7. The molecule has 4 heterocycles. The van der Waals surface area contributed by atoms with Crippen LogP contribution in [0.5, 0.6) is 0 Å². The van der Waals surface area contributed by atoms with Gasteiger partial charge in [0.05, 0.1) is 26.4 Å². The van der Waals surface area contributed by atoms with Crippen molar-refractivity contribution in [3.63, 3.8) is 0 Å². The second kappa shape index (κ2) is 5.98. The lowest BCUT2D eigenvalue weighted by Crippen LogP contribution is -2.45. The van der Waals surface area contributed by atoms with Crippen LogP contribution in [0.1, 0.15) is 12.8 Å². The number of hydrogen-bond donors (Lipinski definition) is 0. The van der Waals surface area contributed by atoms with Gasteiger partial charge >= 0.3 is 0 Å². The fourth-order valence-electron chi connectivity index (χ4n) is 3.29. The van der Waals surface area contributed by atoms with Gasteiger partial charge < -0.3 is 24.0 Å². The summed E-state index contributed by atoms with van der Waals surface area (Å²) >= 11 is 0. The third-order valence-electron chi connectivity index (χ3n) is 4.58. The Hall–Kier alpha value is -1.44. The average Bonchev–Trinajstić information content (AvgIpc) is 3.05. The molecule has 3 fully saturated rings. The van der Waals surface area contributed by atoms with E-state index in [1.54, 1.807) is 0 Å². The van der Waals surface area contributed by atoms with Crippen molar-refractivity contribution in [1.29, 1.82) is 0 Å². The van der Waals surface area contributed by atoms with E-state index in [4.69, 9.17) is 19.2 Å². The molecule has 0 unspecified atom stereocenters. The first kappa shape index (κ1) is 14.2. The second-order valence-corrected chi connectivity index (χ2v) is 5.91. The third kappa shape index (κ3) is 2.76. The van der Waals surface area contributed by atoms with Gasteiger partial charge in [-0.2, -0.15) is 4.98 Å². The molecule has 4 rings (SSSR count). The Balaban J connectivity index is 1.44. The summed E-state index contributed by atoms with van der Waals surface area (Å²) in [5.74, 6) is 1.45. The van der Waals surface area contributed by atoms with E-state index >= 15 is 0 Å². The van der Waals surface area contributed by atoms with Gasteiger partial charge in [0, 0.05) is 45.2 Å². The zero-order chi connectivity index (χ0) is 14.8. The molecule has 3 saturated heterocycles. The van der Waals surface area contributed by atoms with Crippen molar-refractivity contribution >= 4 is 11.8 Å². The summed E-state index contributed by atoms with van der Waals surface area (Å²) in [7, 11) is 0. The predicted molar refractivity (Wildman–Crippen MR) is 81.1 cm³/mol. The van der Waals surface area contributed by atoms with Gasteiger partial charge in [-0.3, -0.25) is 0 Å². The van der Waals surface area contributed by atoms with Crippen LogP contribution in [0.15, 0.2) is 12.3 Å². The van der Waals surface area contributed by atoms with Crippen molar-refractivity contribution in [2.24, 2.45) is 0 Å². The van der Waals surface area contributed by atoms with E-state index in [9.17, 15) is 0 Å². The molecule has 0 amide bonds. The summed E-state index contributed by atoms with van der Waals surface area (Å²) in [5.41, 5.74) is 0. The third-order valence-corrected chi connectivity index (χ3v) is 4.58. The molecule has 0 aromatic carbocycles. The molecule has 0 bridgehead atoms. The molecule has 0 N–H and O–H groups in total. The highest BCUT2D eigenvalue weighted by molar-refractivity contribution is 5.44. The molecule has 0 aliphatic carbocycles. The number of aromatic nitrogens is 2. The van der Waals surface area contributed by atoms with E-state index < -0.39 is 0 Å². The van der Waals surface area contributed by atoms with Crippen LogP contribution in [0, 0.1) is 0 Å². The molecule has 1 aromatic heterocycles. The quantitative estimate of drug-likeness (QED) is 0.795. The Kier molecular flexibility index (Phi) is 3.85. The van der Waals surface area contributed by atoms with Crippen molar-refractivity contribution in [1.82, 2.24) is 9.97 Å². The van der Waals surface area contributed by atoms with Crippen molar-refractivity contribution in [2.75, 3.05) is 62.4 Å². The van der Waals surface area contributed by atoms with E-state index in [0.29, 0.717) is 13.2 Å². The highest BCUT2D eigenvalue weighted by atomic mass is 16.7. The number of anilines is 2. The highest BCUT2D eigenvalue weighted by Crippen LogP contribution is 2.32. The minimum Gasteiger partial charge on any atom is -0.378 e. The highest BCUT2D eigenvalue weighted by Gasteiger charge is 2.40. The summed E-state index contributed by atoms with van der Waals surface area (Å²) in [6, 6.07) is 1.98. The topological polar surface area (TPSA) is 60.0 Å². The number of ether oxygens (including phenoxy) is 3. The molecule has 1 aromatic rings. The van der Waals surface area contributed by atoms with E-state index in [1.165, 1.54) is 0 Å². The Bertz CT molecular complexity index is 505. The first-order valence-electron chi connectivity index (χ1n) is 8.03. The lowest BCUT2D eigenvalue weighted by Gasteiger charge is -2.38. The largest absolute Gasteiger partial charge is 0.378 e. The lowest BCUT2D eigenvalue weighted by molar-refractivity contribution is -0.169. The number of nitrogens with zero attached hydrogens (tertiary/aromatic N) is 4. The average molecular weight is 306 g/mol. The maximum atomic E-state index is 5.78. The standard InChI is InChI=1S/C15H22N4O3/c1-4-16-14(19-7-9-20-10-8-19)17-13(1)18-5-2-15(3-6-18)21-11-12-22-15/h1,4H,2-3,5-12H2. The van der Waals surface area contributed by atoms with Crippen molar-refractivity contribution in [3.8, 4) is 0 Å². The minimum atomic E-state index is -0.337.